The van der Waals surface area contributed by atoms with E-state index in [0.29, 0.717) is 0 Å². The van der Waals surface area contributed by atoms with Crippen LogP contribution in [0.2, 0.25) is 0 Å². The first-order valence-corrected chi connectivity index (χ1v) is 3.67. The lowest BCUT2D eigenvalue weighted by molar-refractivity contribution is 0.115. The van der Waals surface area contributed by atoms with Gasteiger partial charge in [-0.25, -0.2) is 0 Å². The summed E-state index contributed by atoms with van der Waals surface area (Å²) in [5.74, 6) is 0. The van der Waals surface area contributed by atoms with Crippen LogP contribution < -0.4 is 0 Å². The van der Waals surface area contributed by atoms with E-state index in [9.17, 15) is 0 Å². The van der Waals surface area contributed by atoms with E-state index in [1.54, 1.807) is 7.11 Å². The monoisotopic (exact) mass is 145 g/mol. The molecular formula is C8H19NO. The number of ether oxygens (including phenoxy) is 1. The molecule has 62 valence electrons. The molecule has 0 saturated heterocycles. The highest BCUT2D eigenvalue weighted by atomic mass is 16.5. The van der Waals surface area contributed by atoms with E-state index < -0.39 is 0 Å². The lowest BCUT2D eigenvalue weighted by atomic mass is 10.0. The van der Waals surface area contributed by atoms with Crippen molar-refractivity contribution < 1.29 is 4.74 Å². The van der Waals surface area contributed by atoms with Crippen molar-refractivity contribution in [1.29, 1.82) is 0 Å². The normalized spacial score (nSPS) is 12.6. The van der Waals surface area contributed by atoms with Gasteiger partial charge in [-0.1, -0.05) is 0 Å². The largest absolute Gasteiger partial charge is 0.385 e. The predicted molar refractivity (Wildman–Crippen MR) is 44.3 cm³/mol. The van der Waals surface area contributed by atoms with Crippen molar-refractivity contribution in [2.24, 2.45) is 0 Å². The van der Waals surface area contributed by atoms with E-state index in [2.05, 4.69) is 32.8 Å². The third-order valence-electron chi connectivity index (χ3n) is 2.13. The van der Waals surface area contributed by atoms with Crippen LogP contribution in [-0.2, 0) is 4.74 Å². The number of rotatable bonds is 4. The summed E-state index contributed by atoms with van der Waals surface area (Å²) < 4.78 is 5.00. The zero-order chi connectivity index (χ0) is 8.20. The maximum absolute atomic E-state index is 5.00. The summed E-state index contributed by atoms with van der Waals surface area (Å²) >= 11 is 0. The highest BCUT2D eigenvalue weighted by Gasteiger charge is 2.18. The van der Waals surface area contributed by atoms with Crippen LogP contribution in [0.1, 0.15) is 20.3 Å². The Labute approximate surface area is 64.2 Å². The quantitative estimate of drug-likeness (QED) is 0.592. The molecule has 0 fully saturated rings. The zero-order valence-electron chi connectivity index (χ0n) is 7.77. The molecule has 0 N–H and O–H groups in total. The molecule has 0 aliphatic heterocycles. The van der Waals surface area contributed by atoms with Gasteiger partial charge in [-0.05, 0) is 34.4 Å². The molecule has 0 aromatic heterocycles. The van der Waals surface area contributed by atoms with Crippen LogP contribution in [0.3, 0.4) is 0 Å². The topological polar surface area (TPSA) is 12.5 Å². The summed E-state index contributed by atoms with van der Waals surface area (Å²) in [5, 5.41) is 0. The molecule has 0 aliphatic rings. The minimum Gasteiger partial charge on any atom is -0.385 e. The molecule has 0 amide bonds. The average Bonchev–Trinajstić information content (AvgIpc) is 1.84. The number of hydrogen-bond acceptors (Lipinski definition) is 2. The van der Waals surface area contributed by atoms with Gasteiger partial charge in [0.05, 0.1) is 0 Å². The van der Waals surface area contributed by atoms with Gasteiger partial charge in [0.1, 0.15) is 0 Å². The number of methoxy groups -OCH3 is 1. The summed E-state index contributed by atoms with van der Waals surface area (Å²) in [6.07, 6.45) is 1.08. The summed E-state index contributed by atoms with van der Waals surface area (Å²) in [5.41, 5.74) is 0.260. The van der Waals surface area contributed by atoms with Crippen molar-refractivity contribution in [1.82, 2.24) is 4.90 Å². The minimum absolute atomic E-state index is 0.260. The van der Waals surface area contributed by atoms with Crippen molar-refractivity contribution in [3.8, 4) is 0 Å². The van der Waals surface area contributed by atoms with Crippen LogP contribution in [0.5, 0.6) is 0 Å². The standard InChI is InChI=1S/C8H19NO/c1-8(2,9(3)4)6-7-10-5/h6-7H2,1-5H3. The van der Waals surface area contributed by atoms with Crippen LogP contribution in [0.4, 0.5) is 0 Å². The smallest absolute Gasteiger partial charge is 0.0479 e. The molecule has 2 nitrogen and oxygen atoms in total. The van der Waals surface area contributed by atoms with E-state index in [0.717, 1.165) is 13.0 Å². The van der Waals surface area contributed by atoms with Gasteiger partial charge in [0.25, 0.3) is 0 Å². The van der Waals surface area contributed by atoms with Gasteiger partial charge >= 0.3 is 0 Å². The molecule has 0 aromatic rings. The fourth-order valence-electron chi connectivity index (χ4n) is 0.575. The fourth-order valence-corrected chi connectivity index (χ4v) is 0.575. The minimum atomic E-state index is 0.260. The third-order valence-corrected chi connectivity index (χ3v) is 2.13. The first-order valence-electron chi connectivity index (χ1n) is 3.67. The first kappa shape index (κ1) is 9.92. The zero-order valence-corrected chi connectivity index (χ0v) is 7.77. The Morgan fingerprint density at radius 2 is 1.80 bits per heavy atom. The van der Waals surface area contributed by atoms with Crippen molar-refractivity contribution in [2.75, 3.05) is 27.8 Å². The maximum atomic E-state index is 5.00. The highest BCUT2D eigenvalue weighted by Crippen LogP contribution is 2.14. The summed E-state index contributed by atoms with van der Waals surface area (Å²) in [6.45, 7) is 5.27. The lowest BCUT2D eigenvalue weighted by Crippen LogP contribution is -2.38. The summed E-state index contributed by atoms with van der Waals surface area (Å²) in [6, 6.07) is 0. The molecular weight excluding hydrogens is 126 g/mol. The van der Waals surface area contributed by atoms with E-state index in [-0.39, 0.29) is 5.54 Å². The van der Waals surface area contributed by atoms with E-state index in [1.165, 1.54) is 0 Å². The molecule has 0 aromatic carbocycles. The van der Waals surface area contributed by atoms with Gasteiger partial charge in [-0.2, -0.15) is 0 Å². The summed E-state index contributed by atoms with van der Waals surface area (Å²) in [4.78, 5) is 2.21. The number of hydrogen-bond donors (Lipinski definition) is 0. The molecule has 0 bridgehead atoms. The van der Waals surface area contributed by atoms with Crippen LogP contribution in [-0.4, -0.2) is 38.3 Å². The Morgan fingerprint density at radius 1 is 1.30 bits per heavy atom. The molecule has 0 saturated carbocycles. The van der Waals surface area contributed by atoms with Gasteiger partial charge in [0, 0.05) is 19.3 Å². The van der Waals surface area contributed by atoms with Gasteiger partial charge in [0.2, 0.25) is 0 Å². The van der Waals surface area contributed by atoms with Crippen molar-refractivity contribution in [3.05, 3.63) is 0 Å². The molecule has 0 radical (unpaired) electrons. The number of nitrogens with zero attached hydrogens (tertiary/aromatic N) is 1. The van der Waals surface area contributed by atoms with Crippen LogP contribution in [0.15, 0.2) is 0 Å². The predicted octanol–water partition coefficient (Wildman–Crippen LogP) is 1.36. The second kappa shape index (κ2) is 3.94. The molecule has 0 spiro atoms. The molecule has 10 heavy (non-hydrogen) atoms. The van der Waals surface area contributed by atoms with E-state index in [1.807, 2.05) is 0 Å². The molecule has 0 rings (SSSR count). The van der Waals surface area contributed by atoms with E-state index >= 15 is 0 Å². The van der Waals surface area contributed by atoms with Crippen LogP contribution >= 0.6 is 0 Å². The van der Waals surface area contributed by atoms with Crippen molar-refractivity contribution >= 4 is 0 Å². The van der Waals surface area contributed by atoms with Crippen LogP contribution in [0, 0.1) is 0 Å². The maximum Gasteiger partial charge on any atom is 0.0479 e. The first-order chi connectivity index (χ1) is 4.50. The van der Waals surface area contributed by atoms with Crippen molar-refractivity contribution in [2.45, 2.75) is 25.8 Å². The molecule has 0 heterocycles. The van der Waals surface area contributed by atoms with E-state index in [4.69, 9.17) is 4.74 Å². The molecule has 0 unspecified atom stereocenters. The van der Waals surface area contributed by atoms with Crippen molar-refractivity contribution in [3.63, 3.8) is 0 Å². The highest BCUT2D eigenvalue weighted by molar-refractivity contribution is 4.75. The molecule has 0 aliphatic carbocycles. The Morgan fingerprint density at radius 3 is 2.10 bits per heavy atom. The average molecular weight is 145 g/mol. The van der Waals surface area contributed by atoms with Crippen LogP contribution in [0.25, 0.3) is 0 Å². The second-order valence-electron chi connectivity index (χ2n) is 3.45. The Balaban J connectivity index is 3.63. The lowest BCUT2D eigenvalue weighted by Gasteiger charge is -2.32. The molecule has 2 heteroatoms. The Kier molecular flexibility index (Phi) is 3.91. The van der Waals surface area contributed by atoms with Gasteiger partial charge in [-0.3, -0.25) is 0 Å². The second-order valence-corrected chi connectivity index (χ2v) is 3.45. The van der Waals surface area contributed by atoms with Gasteiger partial charge < -0.3 is 9.64 Å². The Hall–Kier alpha value is -0.0800. The fraction of sp³-hybridized carbons (Fsp3) is 1.00. The third kappa shape index (κ3) is 3.18. The Bertz CT molecular complexity index is 89.3. The summed E-state index contributed by atoms with van der Waals surface area (Å²) in [7, 11) is 5.93. The van der Waals surface area contributed by atoms with Gasteiger partial charge in [0.15, 0.2) is 0 Å². The molecule has 0 atom stereocenters. The SMILES string of the molecule is COCCC(C)(C)N(C)C. The van der Waals surface area contributed by atoms with Gasteiger partial charge in [-0.15, -0.1) is 0 Å².